The molecule has 4 N–H and O–H groups in total. The largest absolute Gasteiger partial charge is 0.409 e. The van der Waals surface area contributed by atoms with Gasteiger partial charge in [0.2, 0.25) is 0 Å². The fourth-order valence-electron chi connectivity index (χ4n) is 1.57. The third-order valence-corrected chi connectivity index (χ3v) is 4.44. The number of nitrogens with zero attached hydrogens (tertiary/aromatic N) is 1. The lowest BCUT2D eigenvalue weighted by Gasteiger charge is -2.14. The maximum absolute atomic E-state index is 11.2. The van der Waals surface area contributed by atoms with E-state index in [-0.39, 0.29) is 29.3 Å². The molecule has 1 rings (SSSR count). The first kappa shape index (κ1) is 12.3. The molecule has 7 heteroatoms. The first-order valence-corrected chi connectivity index (χ1v) is 6.68. The standard InChI is InChI=1S/C8H17N3O3S/c1-6(8(9)11-12)10-4-7-2-3-15(13,14)5-7/h6-7,10,12H,2-5H2,1H3,(H2,9,11). The normalized spacial score (nSPS) is 27.8. The van der Waals surface area contributed by atoms with Crippen molar-refractivity contribution in [1.82, 2.24) is 5.32 Å². The van der Waals surface area contributed by atoms with Gasteiger partial charge in [0.1, 0.15) is 0 Å². The molecule has 1 heterocycles. The van der Waals surface area contributed by atoms with Crippen LogP contribution in [0, 0.1) is 5.92 Å². The number of sulfone groups is 1. The zero-order valence-corrected chi connectivity index (χ0v) is 9.50. The Kier molecular flexibility index (Phi) is 3.92. The molecule has 6 nitrogen and oxygen atoms in total. The molecular weight excluding hydrogens is 218 g/mol. The molecule has 1 aliphatic rings. The molecule has 88 valence electrons. The van der Waals surface area contributed by atoms with Crippen LogP contribution in [0.4, 0.5) is 0 Å². The summed E-state index contributed by atoms with van der Waals surface area (Å²) in [6.07, 6.45) is 0.693. The van der Waals surface area contributed by atoms with Crippen LogP contribution in [0.1, 0.15) is 13.3 Å². The van der Waals surface area contributed by atoms with Crippen molar-refractivity contribution in [3.63, 3.8) is 0 Å². The van der Waals surface area contributed by atoms with Crippen molar-refractivity contribution in [3.8, 4) is 0 Å². The number of hydrogen-bond donors (Lipinski definition) is 3. The number of hydrogen-bond acceptors (Lipinski definition) is 5. The van der Waals surface area contributed by atoms with Gasteiger partial charge < -0.3 is 16.3 Å². The van der Waals surface area contributed by atoms with Crippen LogP contribution in [-0.2, 0) is 9.84 Å². The molecule has 2 atom stereocenters. The highest BCUT2D eigenvalue weighted by Gasteiger charge is 2.27. The van der Waals surface area contributed by atoms with Gasteiger partial charge in [-0.25, -0.2) is 8.42 Å². The molecule has 15 heavy (non-hydrogen) atoms. The van der Waals surface area contributed by atoms with Crippen LogP contribution in [0.2, 0.25) is 0 Å². The molecule has 0 aromatic heterocycles. The number of nitrogens with two attached hydrogens (primary N) is 1. The van der Waals surface area contributed by atoms with Gasteiger partial charge in [0, 0.05) is 0 Å². The summed E-state index contributed by atoms with van der Waals surface area (Å²) in [6.45, 7) is 2.34. The number of nitrogens with one attached hydrogen (secondary N) is 1. The lowest BCUT2D eigenvalue weighted by molar-refractivity contribution is 0.314. The lowest BCUT2D eigenvalue weighted by atomic mass is 10.1. The highest BCUT2D eigenvalue weighted by molar-refractivity contribution is 7.91. The summed E-state index contributed by atoms with van der Waals surface area (Å²) in [4.78, 5) is 0. The van der Waals surface area contributed by atoms with Crippen molar-refractivity contribution >= 4 is 15.7 Å². The van der Waals surface area contributed by atoms with Gasteiger partial charge in [-0.05, 0) is 25.8 Å². The summed E-state index contributed by atoms with van der Waals surface area (Å²) in [5, 5.41) is 14.3. The number of rotatable bonds is 4. The molecule has 0 saturated carbocycles. The van der Waals surface area contributed by atoms with E-state index in [0.717, 1.165) is 0 Å². The second-order valence-electron chi connectivity index (χ2n) is 3.92. The van der Waals surface area contributed by atoms with Crippen LogP contribution in [0.25, 0.3) is 0 Å². The minimum absolute atomic E-state index is 0.107. The lowest BCUT2D eigenvalue weighted by Crippen LogP contribution is -2.41. The zero-order chi connectivity index (χ0) is 11.5. The molecule has 0 amide bonds. The van der Waals surface area contributed by atoms with Crippen LogP contribution >= 0.6 is 0 Å². The maximum atomic E-state index is 11.2. The molecule has 1 saturated heterocycles. The fourth-order valence-corrected chi connectivity index (χ4v) is 3.43. The van der Waals surface area contributed by atoms with Gasteiger partial charge >= 0.3 is 0 Å². The van der Waals surface area contributed by atoms with Gasteiger partial charge in [0.05, 0.1) is 17.5 Å². The Balaban J connectivity index is 2.33. The Morgan fingerprint density at radius 1 is 1.73 bits per heavy atom. The van der Waals surface area contributed by atoms with E-state index >= 15 is 0 Å². The Morgan fingerprint density at radius 3 is 2.87 bits per heavy atom. The smallest absolute Gasteiger partial charge is 0.156 e. The van der Waals surface area contributed by atoms with E-state index in [1.54, 1.807) is 6.92 Å². The molecule has 1 fully saturated rings. The van der Waals surface area contributed by atoms with E-state index in [2.05, 4.69) is 10.5 Å². The molecule has 0 aromatic carbocycles. The molecule has 0 spiro atoms. The average Bonchev–Trinajstić information content (AvgIpc) is 2.53. The van der Waals surface area contributed by atoms with Crippen molar-refractivity contribution < 1.29 is 13.6 Å². The third kappa shape index (κ3) is 3.67. The zero-order valence-electron chi connectivity index (χ0n) is 8.68. The van der Waals surface area contributed by atoms with Crippen molar-refractivity contribution in [2.24, 2.45) is 16.8 Å². The van der Waals surface area contributed by atoms with Gasteiger partial charge in [-0.3, -0.25) is 0 Å². The van der Waals surface area contributed by atoms with Crippen molar-refractivity contribution in [3.05, 3.63) is 0 Å². The number of amidine groups is 1. The molecule has 0 aromatic rings. The Hall–Kier alpha value is -0.820. The van der Waals surface area contributed by atoms with Crippen molar-refractivity contribution in [2.75, 3.05) is 18.1 Å². The highest BCUT2D eigenvalue weighted by Crippen LogP contribution is 2.17. The first-order chi connectivity index (χ1) is 6.94. The van der Waals surface area contributed by atoms with Crippen LogP contribution in [0.5, 0.6) is 0 Å². The van der Waals surface area contributed by atoms with E-state index in [0.29, 0.717) is 13.0 Å². The van der Waals surface area contributed by atoms with E-state index in [1.165, 1.54) is 0 Å². The summed E-state index contributed by atoms with van der Waals surface area (Å²) in [7, 11) is -2.82. The molecule has 0 aliphatic carbocycles. The summed E-state index contributed by atoms with van der Waals surface area (Å²) in [5.74, 6) is 0.764. The topological polar surface area (TPSA) is 105 Å². The van der Waals surface area contributed by atoms with Gasteiger partial charge in [-0.1, -0.05) is 5.16 Å². The third-order valence-electron chi connectivity index (χ3n) is 2.60. The Bertz CT molecular complexity index is 339. The van der Waals surface area contributed by atoms with Gasteiger partial charge in [0.15, 0.2) is 15.7 Å². The molecular formula is C8H17N3O3S. The predicted molar refractivity (Wildman–Crippen MR) is 57.6 cm³/mol. The summed E-state index contributed by atoms with van der Waals surface area (Å²) < 4.78 is 22.3. The number of oxime groups is 1. The molecule has 0 bridgehead atoms. The van der Waals surface area contributed by atoms with E-state index in [1.807, 2.05) is 0 Å². The maximum Gasteiger partial charge on any atom is 0.156 e. The summed E-state index contributed by atoms with van der Waals surface area (Å²) >= 11 is 0. The van der Waals surface area contributed by atoms with Crippen LogP contribution in [-0.4, -0.2) is 43.6 Å². The predicted octanol–water partition coefficient (Wildman–Crippen LogP) is -0.854. The Labute approximate surface area is 89.4 Å². The second kappa shape index (κ2) is 4.80. The van der Waals surface area contributed by atoms with E-state index < -0.39 is 9.84 Å². The van der Waals surface area contributed by atoms with Crippen LogP contribution in [0.3, 0.4) is 0 Å². The summed E-state index contributed by atoms with van der Waals surface area (Å²) in [5.41, 5.74) is 5.37. The van der Waals surface area contributed by atoms with Gasteiger partial charge in [0.25, 0.3) is 0 Å². The minimum atomic E-state index is -2.82. The van der Waals surface area contributed by atoms with E-state index in [9.17, 15) is 8.42 Å². The SMILES string of the molecule is CC(NCC1CCS(=O)(=O)C1)C(N)=NO. The van der Waals surface area contributed by atoms with Crippen molar-refractivity contribution in [2.45, 2.75) is 19.4 Å². The van der Waals surface area contributed by atoms with Crippen LogP contribution < -0.4 is 11.1 Å². The average molecular weight is 235 g/mol. The Morgan fingerprint density at radius 2 is 2.40 bits per heavy atom. The molecule has 2 unspecified atom stereocenters. The quantitative estimate of drug-likeness (QED) is 0.255. The van der Waals surface area contributed by atoms with Crippen LogP contribution in [0.15, 0.2) is 5.16 Å². The van der Waals surface area contributed by atoms with E-state index in [4.69, 9.17) is 10.9 Å². The summed E-state index contributed by atoms with van der Waals surface area (Å²) in [6, 6.07) is -0.238. The minimum Gasteiger partial charge on any atom is -0.409 e. The first-order valence-electron chi connectivity index (χ1n) is 4.86. The highest BCUT2D eigenvalue weighted by atomic mass is 32.2. The van der Waals surface area contributed by atoms with Gasteiger partial charge in [-0.15, -0.1) is 0 Å². The van der Waals surface area contributed by atoms with Crippen molar-refractivity contribution in [1.29, 1.82) is 0 Å². The second-order valence-corrected chi connectivity index (χ2v) is 6.15. The molecule has 1 aliphatic heterocycles. The molecule has 0 radical (unpaired) electrons. The van der Waals surface area contributed by atoms with Gasteiger partial charge in [-0.2, -0.15) is 0 Å². The fraction of sp³-hybridized carbons (Fsp3) is 0.875. The monoisotopic (exact) mass is 235 g/mol.